The van der Waals surface area contributed by atoms with Crippen molar-refractivity contribution in [2.24, 2.45) is 0 Å². The maximum absolute atomic E-state index is 10.5. The monoisotopic (exact) mass is 269 g/mol. The van der Waals surface area contributed by atoms with E-state index < -0.39 is 5.97 Å². The molecule has 0 aliphatic rings. The maximum Gasteiger partial charge on any atom is 0.303 e. The van der Waals surface area contributed by atoms with Crippen molar-refractivity contribution in [1.82, 2.24) is 5.32 Å². The Labute approximate surface area is 113 Å². The lowest BCUT2D eigenvalue weighted by Crippen LogP contribution is -2.36. The van der Waals surface area contributed by atoms with Crippen LogP contribution in [0.15, 0.2) is 24.3 Å². The minimum absolute atomic E-state index is 0.210. The van der Waals surface area contributed by atoms with Gasteiger partial charge in [0.15, 0.2) is 0 Å². The highest BCUT2D eigenvalue weighted by molar-refractivity contribution is 6.30. The zero-order chi connectivity index (χ0) is 13.5. The van der Waals surface area contributed by atoms with Gasteiger partial charge in [0, 0.05) is 23.5 Å². The second kappa shape index (κ2) is 7.39. The van der Waals surface area contributed by atoms with E-state index in [0.29, 0.717) is 12.5 Å². The van der Waals surface area contributed by atoms with E-state index in [9.17, 15) is 4.79 Å². The molecule has 0 aliphatic heterocycles. The molecular formula is C14H20ClNO2. The molecule has 0 fully saturated rings. The standard InChI is InChI=1S/C14H20ClNO2/c1-10(3-8-14(17)18)16-11(2)9-12-4-6-13(15)7-5-12/h4-7,10-11,16H,3,8-9H2,1-2H3,(H,17,18). The highest BCUT2D eigenvalue weighted by Gasteiger charge is 2.09. The van der Waals surface area contributed by atoms with E-state index in [1.54, 1.807) is 0 Å². The predicted molar refractivity (Wildman–Crippen MR) is 74.1 cm³/mol. The largest absolute Gasteiger partial charge is 0.481 e. The Bertz CT molecular complexity index is 378. The number of carboxylic acid groups (broad SMARTS) is 1. The van der Waals surface area contributed by atoms with E-state index in [2.05, 4.69) is 12.2 Å². The average molecular weight is 270 g/mol. The third-order valence-electron chi connectivity index (χ3n) is 2.82. The van der Waals surface area contributed by atoms with Gasteiger partial charge in [0.25, 0.3) is 0 Å². The number of benzene rings is 1. The van der Waals surface area contributed by atoms with Crippen LogP contribution in [0.4, 0.5) is 0 Å². The highest BCUT2D eigenvalue weighted by atomic mass is 35.5. The summed E-state index contributed by atoms with van der Waals surface area (Å²) in [4.78, 5) is 10.5. The number of hydrogen-bond acceptors (Lipinski definition) is 2. The highest BCUT2D eigenvalue weighted by Crippen LogP contribution is 2.11. The molecule has 18 heavy (non-hydrogen) atoms. The van der Waals surface area contributed by atoms with Crippen LogP contribution in [0.2, 0.25) is 5.02 Å². The molecule has 1 aromatic rings. The zero-order valence-electron chi connectivity index (χ0n) is 10.8. The smallest absolute Gasteiger partial charge is 0.303 e. The van der Waals surface area contributed by atoms with Crippen molar-refractivity contribution in [3.63, 3.8) is 0 Å². The van der Waals surface area contributed by atoms with Gasteiger partial charge in [0.2, 0.25) is 0 Å². The lowest BCUT2D eigenvalue weighted by Gasteiger charge is -2.19. The summed E-state index contributed by atoms with van der Waals surface area (Å²) in [6.07, 6.45) is 1.77. The van der Waals surface area contributed by atoms with Gasteiger partial charge in [0.05, 0.1) is 0 Å². The molecule has 1 aromatic carbocycles. The van der Waals surface area contributed by atoms with Gasteiger partial charge < -0.3 is 10.4 Å². The van der Waals surface area contributed by atoms with Crippen molar-refractivity contribution in [1.29, 1.82) is 0 Å². The summed E-state index contributed by atoms with van der Waals surface area (Å²) < 4.78 is 0. The number of nitrogens with one attached hydrogen (secondary N) is 1. The van der Waals surface area contributed by atoms with Crippen LogP contribution in [0.25, 0.3) is 0 Å². The minimum atomic E-state index is -0.742. The van der Waals surface area contributed by atoms with Gasteiger partial charge in [-0.25, -0.2) is 0 Å². The molecule has 2 atom stereocenters. The van der Waals surface area contributed by atoms with Gasteiger partial charge in [-0.15, -0.1) is 0 Å². The first-order valence-electron chi connectivity index (χ1n) is 6.19. The summed E-state index contributed by atoms with van der Waals surface area (Å²) in [5.41, 5.74) is 1.23. The van der Waals surface area contributed by atoms with Gasteiger partial charge >= 0.3 is 5.97 Å². The van der Waals surface area contributed by atoms with Crippen LogP contribution < -0.4 is 5.32 Å². The summed E-state index contributed by atoms with van der Waals surface area (Å²) in [6.45, 7) is 4.12. The number of aliphatic carboxylic acids is 1. The summed E-state index contributed by atoms with van der Waals surface area (Å²) in [5.74, 6) is -0.742. The van der Waals surface area contributed by atoms with E-state index in [1.807, 2.05) is 31.2 Å². The Kier molecular flexibility index (Phi) is 6.16. The molecule has 0 radical (unpaired) electrons. The fourth-order valence-corrected chi connectivity index (χ4v) is 2.07. The fraction of sp³-hybridized carbons (Fsp3) is 0.500. The van der Waals surface area contributed by atoms with E-state index in [4.69, 9.17) is 16.7 Å². The number of carbonyl (C=O) groups is 1. The van der Waals surface area contributed by atoms with Crippen LogP contribution in [0.5, 0.6) is 0 Å². The molecule has 0 aromatic heterocycles. The van der Waals surface area contributed by atoms with Crippen LogP contribution >= 0.6 is 11.6 Å². The number of rotatable bonds is 7. The Morgan fingerprint density at radius 3 is 2.44 bits per heavy atom. The molecule has 100 valence electrons. The molecule has 0 heterocycles. The molecule has 1 rings (SSSR count). The van der Waals surface area contributed by atoms with Crippen molar-refractivity contribution in [2.75, 3.05) is 0 Å². The number of hydrogen-bond donors (Lipinski definition) is 2. The summed E-state index contributed by atoms with van der Waals surface area (Å²) in [6, 6.07) is 8.33. The normalized spacial score (nSPS) is 14.2. The SMILES string of the molecule is CC(CCC(=O)O)NC(C)Cc1ccc(Cl)cc1. The van der Waals surface area contributed by atoms with E-state index in [0.717, 1.165) is 11.4 Å². The summed E-state index contributed by atoms with van der Waals surface area (Å²) >= 11 is 5.83. The van der Waals surface area contributed by atoms with Crippen LogP contribution in [0, 0.1) is 0 Å². The Balaban J connectivity index is 2.34. The maximum atomic E-state index is 10.5. The fourth-order valence-electron chi connectivity index (χ4n) is 1.94. The molecule has 2 unspecified atom stereocenters. The van der Waals surface area contributed by atoms with E-state index in [1.165, 1.54) is 5.56 Å². The van der Waals surface area contributed by atoms with Crippen molar-refractivity contribution in [3.8, 4) is 0 Å². The molecule has 3 nitrogen and oxygen atoms in total. The molecule has 0 aliphatic carbocycles. The number of carboxylic acids is 1. The Morgan fingerprint density at radius 2 is 1.89 bits per heavy atom. The summed E-state index contributed by atoms with van der Waals surface area (Å²) in [7, 11) is 0. The van der Waals surface area contributed by atoms with E-state index in [-0.39, 0.29) is 12.5 Å². The van der Waals surface area contributed by atoms with Crippen LogP contribution in [-0.2, 0) is 11.2 Å². The van der Waals surface area contributed by atoms with Gasteiger partial charge in [0.1, 0.15) is 0 Å². The third-order valence-corrected chi connectivity index (χ3v) is 3.07. The average Bonchev–Trinajstić information content (AvgIpc) is 2.29. The first-order valence-corrected chi connectivity index (χ1v) is 6.57. The molecule has 0 spiro atoms. The zero-order valence-corrected chi connectivity index (χ0v) is 11.6. The van der Waals surface area contributed by atoms with Crippen LogP contribution in [-0.4, -0.2) is 23.2 Å². The Hall–Kier alpha value is -1.06. The molecule has 2 N–H and O–H groups in total. The van der Waals surface area contributed by atoms with Crippen LogP contribution in [0.3, 0.4) is 0 Å². The van der Waals surface area contributed by atoms with Crippen molar-refractivity contribution >= 4 is 17.6 Å². The van der Waals surface area contributed by atoms with E-state index >= 15 is 0 Å². The second-order valence-electron chi connectivity index (χ2n) is 4.73. The lowest BCUT2D eigenvalue weighted by atomic mass is 10.1. The topological polar surface area (TPSA) is 49.3 Å². The molecule has 0 amide bonds. The van der Waals surface area contributed by atoms with Crippen molar-refractivity contribution in [3.05, 3.63) is 34.9 Å². The van der Waals surface area contributed by atoms with Gasteiger partial charge in [-0.1, -0.05) is 23.7 Å². The number of halogens is 1. The van der Waals surface area contributed by atoms with Crippen molar-refractivity contribution < 1.29 is 9.90 Å². The third kappa shape index (κ3) is 6.03. The molecule has 4 heteroatoms. The first-order chi connectivity index (χ1) is 8.47. The second-order valence-corrected chi connectivity index (χ2v) is 5.17. The van der Waals surface area contributed by atoms with Crippen molar-refractivity contribution in [2.45, 2.75) is 45.2 Å². The lowest BCUT2D eigenvalue weighted by molar-refractivity contribution is -0.137. The minimum Gasteiger partial charge on any atom is -0.481 e. The molecule has 0 bridgehead atoms. The predicted octanol–water partition coefficient (Wildman–Crippen LogP) is 3.11. The van der Waals surface area contributed by atoms with Gasteiger partial charge in [-0.2, -0.15) is 0 Å². The van der Waals surface area contributed by atoms with Gasteiger partial charge in [-0.3, -0.25) is 4.79 Å². The van der Waals surface area contributed by atoms with Gasteiger partial charge in [-0.05, 0) is 44.4 Å². The first kappa shape index (κ1) is 15.0. The molecule has 0 saturated heterocycles. The summed E-state index contributed by atoms with van der Waals surface area (Å²) in [5, 5.41) is 12.8. The molecular weight excluding hydrogens is 250 g/mol. The van der Waals surface area contributed by atoms with Crippen LogP contribution in [0.1, 0.15) is 32.3 Å². The Morgan fingerprint density at radius 1 is 1.28 bits per heavy atom. The molecule has 0 saturated carbocycles. The quantitative estimate of drug-likeness (QED) is 0.800.